The van der Waals surface area contributed by atoms with Crippen LogP contribution < -0.4 is 20.1 Å². The molecule has 2 aromatic carbocycles. The van der Waals surface area contributed by atoms with Gasteiger partial charge in [-0.2, -0.15) is 18.2 Å². The van der Waals surface area contributed by atoms with Crippen LogP contribution in [0.15, 0.2) is 65.1 Å². The summed E-state index contributed by atoms with van der Waals surface area (Å²) in [5, 5.41) is 6.35. The van der Waals surface area contributed by atoms with Crippen molar-refractivity contribution in [1.82, 2.24) is 30.2 Å². The normalized spacial score (nSPS) is 26.1. The summed E-state index contributed by atoms with van der Waals surface area (Å²) in [5.74, 6) is -3.04. The van der Waals surface area contributed by atoms with Gasteiger partial charge in [0.05, 0.1) is 16.9 Å². The monoisotopic (exact) mass is 878 g/mol. The number of allylic oxidation sites excluding steroid dienone is 1. The number of nitrogens with zero attached hydrogens (tertiary/aromatic N) is 3. The summed E-state index contributed by atoms with van der Waals surface area (Å²) in [6.07, 6.45) is 2.04. The molecule has 4 aromatic rings. The van der Waals surface area contributed by atoms with Gasteiger partial charge in [0, 0.05) is 28.7 Å². The van der Waals surface area contributed by atoms with E-state index in [2.05, 4.69) is 25.3 Å². The number of nitrogens with one attached hydrogen (secondary N) is 3. The first-order valence-electron chi connectivity index (χ1n) is 20.9. The van der Waals surface area contributed by atoms with Crippen LogP contribution in [-0.2, 0) is 35.4 Å². The minimum atomic E-state index is -4.57. The maximum absolute atomic E-state index is 14.7. The molecule has 2 aliphatic carbocycles. The average molecular weight is 879 g/mol. The van der Waals surface area contributed by atoms with Crippen molar-refractivity contribution in [2.75, 3.05) is 6.54 Å². The van der Waals surface area contributed by atoms with Crippen molar-refractivity contribution in [2.24, 2.45) is 11.3 Å². The van der Waals surface area contributed by atoms with E-state index in [1.165, 1.54) is 17.0 Å². The Kier molecular flexibility index (Phi) is 10.9. The molecule has 2 aliphatic heterocycles. The molecule has 8 rings (SSSR count). The number of carbonyl (C=O) groups excluding carboxylic acids is 4. The van der Waals surface area contributed by atoms with Crippen molar-refractivity contribution in [3.8, 4) is 17.3 Å². The van der Waals surface area contributed by atoms with E-state index in [1.54, 1.807) is 52.0 Å². The molecule has 3 fully saturated rings. The number of hydrogen-bond acceptors (Lipinski definition) is 10. The molecule has 5 atom stereocenters. The van der Waals surface area contributed by atoms with Crippen molar-refractivity contribution in [2.45, 2.75) is 120 Å². The summed E-state index contributed by atoms with van der Waals surface area (Å²) in [6.45, 7) is 6.56. The second kappa shape index (κ2) is 15.7. The van der Waals surface area contributed by atoms with Gasteiger partial charge in [0.15, 0.2) is 5.82 Å². The molecule has 14 nitrogen and oxygen atoms in total. The Labute approximate surface area is 356 Å². The Morgan fingerprint density at radius 3 is 2.42 bits per heavy atom. The zero-order chi connectivity index (χ0) is 44.4. The molecule has 330 valence electrons. The van der Waals surface area contributed by atoms with E-state index in [-0.39, 0.29) is 54.6 Å². The van der Waals surface area contributed by atoms with Crippen LogP contribution >= 0.6 is 0 Å². The van der Waals surface area contributed by atoms with Gasteiger partial charge in [0.25, 0.3) is 11.8 Å². The van der Waals surface area contributed by atoms with Crippen LogP contribution in [-0.4, -0.2) is 81.9 Å². The fourth-order valence-corrected chi connectivity index (χ4v) is 9.37. The highest BCUT2D eigenvalue weighted by Gasteiger charge is 2.63. The number of rotatable bonds is 7. The number of furan rings is 1. The molecule has 4 heterocycles. The maximum atomic E-state index is 14.7. The first-order chi connectivity index (χ1) is 29.2. The Bertz CT molecular complexity index is 2580. The molecule has 18 heteroatoms. The molecule has 62 heavy (non-hydrogen) atoms. The highest BCUT2D eigenvalue weighted by atomic mass is 32.2. The molecule has 0 radical (unpaired) electrons. The molecular formula is C44H49F3N6O8S. The molecule has 3 N–H and O–H groups in total. The molecule has 4 amide bonds. The Balaban J connectivity index is 1.16. The number of sulfonamides is 1. The topological polar surface area (TPSA) is 190 Å². The van der Waals surface area contributed by atoms with E-state index < -0.39 is 79.3 Å². The predicted octanol–water partition coefficient (Wildman–Crippen LogP) is 6.33. The quantitative estimate of drug-likeness (QED) is 0.177. The lowest BCUT2D eigenvalue weighted by Gasteiger charge is -2.31. The van der Waals surface area contributed by atoms with Gasteiger partial charge in [-0.3, -0.25) is 23.9 Å². The Hall–Kier alpha value is -5.52. The lowest BCUT2D eigenvalue weighted by Crippen LogP contribution is -2.59. The minimum Gasteiger partial charge on any atom is -0.470 e. The molecule has 0 bridgehead atoms. The molecule has 0 spiro atoms. The van der Waals surface area contributed by atoms with Crippen molar-refractivity contribution < 1.29 is 49.9 Å². The van der Waals surface area contributed by atoms with E-state index in [4.69, 9.17) is 9.15 Å². The zero-order valence-electron chi connectivity index (χ0n) is 34.8. The number of alkyl halides is 3. The highest BCUT2D eigenvalue weighted by Crippen LogP contribution is 2.48. The lowest BCUT2D eigenvalue weighted by molar-refractivity contribution is -0.143. The second-order valence-corrected chi connectivity index (χ2v) is 20.4. The summed E-state index contributed by atoms with van der Waals surface area (Å²) in [5.41, 5.74) is -2.16. The number of ether oxygens (including phenoxy) is 1. The van der Waals surface area contributed by atoms with Gasteiger partial charge in [0.1, 0.15) is 34.8 Å². The molecule has 2 aromatic heterocycles. The van der Waals surface area contributed by atoms with Gasteiger partial charge in [0.2, 0.25) is 33.3 Å². The number of aromatic nitrogens is 2. The molecular weight excluding hydrogens is 830 g/mol. The third-order valence-corrected chi connectivity index (χ3v) is 14.6. The van der Waals surface area contributed by atoms with Gasteiger partial charge in [-0.1, -0.05) is 70.0 Å². The number of benzene rings is 2. The smallest absolute Gasteiger partial charge is 0.416 e. The second-order valence-electron chi connectivity index (χ2n) is 18.2. The van der Waals surface area contributed by atoms with Crippen LogP contribution in [0, 0.1) is 11.3 Å². The van der Waals surface area contributed by atoms with Gasteiger partial charge < -0.3 is 24.7 Å². The number of amides is 4. The lowest BCUT2D eigenvalue weighted by atomic mass is 9.94. The molecule has 2 saturated carbocycles. The number of halogens is 3. The highest BCUT2D eigenvalue weighted by molar-refractivity contribution is 7.91. The van der Waals surface area contributed by atoms with Crippen LogP contribution in [0.2, 0.25) is 0 Å². The van der Waals surface area contributed by atoms with Crippen molar-refractivity contribution >= 4 is 55.7 Å². The fourth-order valence-electron chi connectivity index (χ4n) is 8.06. The van der Waals surface area contributed by atoms with E-state index in [0.717, 1.165) is 25.0 Å². The summed E-state index contributed by atoms with van der Waals surface area (Å²) in [7, 11) is -4.06. The van der Waals surface area contributed by atoms with Crippen molar-refractivity contribution in [1.29, 1.82) is 0 Å². The standard InChI is InChI=1S/C44H49F3N6O8S/c1-41(2,3)39(56)48-30-14-9-7-5-6-8-12-27-23-43(27,40(57)52-62(58,59)42(4)20-21-42)51-36(54)31-22-28(24-53(31)38(30)55)60-37-34-33(29-13-10-11-15-32(29)61-34)49-35(50-37)25-16-18-26(19-17-25)44(45,46)47/h8,10-13,15-19,27-28,30-31H,5-7,9,14,20-24H2,1-4H3,(H,48,56)(H,51,54)(H,52,57)/b12-8-. The largest absolute Gasteiger partial charge is 0.470 e. The maximum Gasteiger partial charge on any atom is 0.416 e. The summed E-state index contributed by atoms with van der Waals surface area (Å²) >= 11 is 0. The first kappa shape index (κ1) is 43.1. The first-order valence-corrected chi connectivity index (χ1v) is 22.4. The van der Waals surface area contributed by atoms with E-state index in [0.29, 0.717) is 42.2 Å². The number of carbonyl (C=O) groups is 4. The van der Waals surface area contributed by atoms with Crippen molar-refractivity contribution in [3.05, 3.63) is 66.2 Å². The van der Waals surface area contributed by atoms with Gasteiger partial charge in [-0.25, -0.2) is 13.4 Å². The summed E-state index contributed by atoms with van der Waals surface area (Å²) in [6, 6.07) is 9.08. The average Bonchev–Trinajstić information content (AvgIpc) is 4.03. The predicted molar refractivity (Wildman–Crippen MR) is 222 cm³/mol. The van der Waals surface area contributed by atoms with Crippen LogP contribution in [0.25, 0.3) is 33.5 Å². The SMILES string of the molecule is CC(C)(C)C(=O)NC1CCCCC/C=C\C2CC2(C(=O)NS(=O)(=O)C2(C)CC2)NC(=O)C2CC(Oc3nc(-c4ccc(C(F)(F)F)cc4)nc4c3oc3ccccc34)CN2C1=O. The van der Waals surface area contributed by atoms with Crippen LogP contribution in [0.5, 0.6) is 5.88 Å². The minimum absolute atomic E-state index is 0.0372. The van der Waals surface area contributed by atoms with E-state index >= 15 is 0 Å². The molecule has 1 saturated heterocycles. The molecule has 5 unspecified atom stereocenters. The van der Waals surface area contributed by atoms with Gasteiger partial charge in [-0.05, 0) is 69.7 Å². The Morgan fingerprint density at radius 1 is 1.00 bits per heavy atom. The van der Waals surface area contributed by atoms with E-state index in [9.17, 15) is 40.8 Å². The van der Waals surface area contributed by atoms with E-state index in [1.807, 2.05) is 12.2 Å². The van der Waals surface area contributed by atoms with Gasteiger partial charge >= 0.3 is 6.18 Å². The fraction of sp³-hybridized carbons (Fsp3) is 0.500. The summed E-state index contributed by atoms with van der Waals surface area (Å²) in [4.78, 5) is 67.3. The Morgan fingerprint density at radius 2 is 1.73 bits per heavy atom. The summed E-state index contributed by atoms with van der Waals surface area (Å²) < 4.78 is 80.7. The number of hydrogen-bond donors (Lipinski definition) is 3. The van der Waals surface area contributed by atoms with Crippen molar-refractivity contribution in [3.63, 3.8) is 0 Å². The third-order valence-electron chi connectivity index (χ3n) is 12.4. The zero-order valence-corrected chi connectivity index (χ0v) is 35.6. The number of fused-ring (bicyclic) bond motifs is 5. The molecule has 4 aliphatic rings. The third kappa shape index (κ3) is 8.37. The van der Waals surface area contributed by atoms with Crippen LogP contribution in [0.1, 0.15) is 91.0 Å². The van der Waals surface area contributed by atoms with Gasteiger partial charge in [-0.15, -0.1) is 0 Å². The number of para-hydroxylation sites is 1. The van der Waals surface area contributed by atoms with Crippen LogP contribution in [0.3, 0.4) is 0 Å². The van der Waals surface area contributed by atoms with Crippen LogP contribution in [0.4, 0.5) is 13.2 Å².